The van der Waals surface area contributed by atoms with Gasteiger partial charge in [0, 0.05) is 37.3 Å². The smallest absolute Gasteiger partial charge is 0.110 e. The van der Waals surface area contributed by atoms with Crippen molar-refractivity contribution < 1.29 is 4.74 Å². The highest BCUT2D eigenvalue weighted by Gasteiger charge is 2.41. The number of rotatable bonds is 5. The van der Waals surface area contributed by atoms with Crippen molar-refractivity contribution >= 4 is 0 Å². The van der Waals surface area contributed by atoms with Crippen molar-refractivity contribution in [2.45, 2.75) is 58.9 Å². The molecule has 0 saturated carbocycles. The summed E-state index contributed by atoms with van der Waals surface area (Å²) in [6, 6.07) is 0.197. The molecule has 5 atom stereocenters. The summed E-state index contributed by atoms with van der Waals surface area (Å²) in [5, 5.41) is 0. The molecule has 1 saturated heterocycles. The molecule has 0 spiro atoms. The average Bonchev–Trinajstić information content (AvgIpc) is 2.93. The molecule has 108 valence electrons. The fraction of sp³-hybridized carbons (Fsp3) is 0.786. The Bertz CT molecular complexity index is 406. The molecule has 1 aliphatic rings. The number of nitrogens with zero attached hydrogens (tertiary/aromatic N) is 2. The first-order chi connectivity index (χ1) is 9.08. The number of nitrogens with one attached hydrogen (secondary N) is 1. The van der Waals surface area contributed by atoms with E-state index in [-0.39, 0.29) is 12.1 Å². The number of hydrogen-bond acceptors (Lipinski definition) is 4. The van der Waals surface area contributed by atoms with Crippen molar-refractivity contribution in [1.29, 1.82) is 0 Å². The van der Waals surface area contributed by atoms with Gasteiger partial charge < -0.3 is 9.30 Å². The quantitative estimate of drug-likeness (QED) is 0.623. The highest BCUT2D eigenvalue weighted by molar-refractivity contribution is 5.00. The molecule has 0 radical (unpaired) electrons. The first kappa shape index (κ1) is 14.5. The lowest BCUT2D eigenvalue weighted by Crippen LogP contribution is -2.47. The van der Waals surface area contributed by atoms with Crippen LogP contribution in [-0.4, -0.2) is 27.8 Å². The summed E-state index contributed by atoms with van der Waals surface area (Å²) in [7, 11) is 0. The molecule has 19 heavy (non-hydrogen) atoms. The topological polar surface area (TPSA) is 65.1 Å². The molecule has 0 aromatic carbocycles. The van der Waals surface area contributed by atoms with Crippen molar-refractivity contribution in [3.63, 3.8) is 0 Å². The van der Waals surface area contributed by atoms with Gasteiger partial charge in [0.2, 0.25) is 0 Å². The molecule has 0 amide bonds. The molecule has 1 fully saturated rings. The maximum atomic E-state index is 5.92. The number of hydrogen-bond donors (Lipinski definition) is 2. The van der Waals surface area contributed by atoms with Crippen molar-refractivity contribution in [3.05, 3.63) is 18.2 Å². The predicted octanol–water partition coefficient (Wildman–Crippen LogP) is 1.34. The number of aryl methyl sites for hydroxylation is 1. The van der Waals surface area contributed by atoms with Crippen LogP contribution in [0.15, 0.2) is 12.4 Å². The maximum absolute atomic E-state index is 5.92. The molecule has 0 aliphatic carbocycles. The monoisotopic (exact) mass is 266 g/mol. The Morgan fingerprint density at radius 3 is 2.68 bits per heavy atom. The summed E-state index contributed by atoms with van der Waals surface area (Å²) >= 11 is 0. The number of hydrazine groups is 1. The largest absolute Gasteiger partial charge is 0.375 e. The van der Waals surface area contributed by atoms with Crippen LogP contribution in [0.1, 0.15) is 33.5 Å². The van der Waals surface area contributed by atoms with E-state index in [2.05, 4.69) is 42.7 Å². The Morgan fingerprint density at radius 1 is 1.42 bits per heavy atom. The van der Waals surface area contributed by atoms with Gasteiger partial charge in [0.05, 0.1) is 12.2 Å². The zero-order chi connectivity index (χ0) is 14.0. The highest BCUT2D eigenvalue weighted by atomic mass is 16.5. The van der Waals surface area contributed by atoms with E-state index in [0.29, 0.717) is 17.9 Å². The van der Waals surface area contributed by atoms with E-state index < -0.39 is 0 Å². The summed E-state index contributed by atoms with van der Waals surface area (Å²) < 4.78 is 8.09. The summed E-state index contributed by atoms with van der Waals surface area (Å²) in [6.45, 7) is 9.59. The Hall–Kier alpha value is -0.910. The van der Waals surface area contributed by atoms with E-state index in [4.69, 9.17) is 10.6 Å². The fourth-order valence-corrected chi connectivity index (χ4v) is 3.31. The third kappa shape index (κ3) is 2.83. The van der Waals surface area contributed by atoms with Crippen LogP contribution in [0.5, 0.6) is 0 Å². The van der Waals surface area contributed by atoms with Crippen LogP contribution >= 0.6 is 0 Å². The molecule has 1 aliphatic heterocycles. The number of nitrogens with two attached hydrogens (primary N) is 1. The van der Waals surface area contributed by atoms with Crippen LogP contribution in [0.25, 0.3) is 0 Å². The van der Waals surface area contributed by atoms with Crippen LogP contribution in [0.2, 0.25) is 0 Å². The molecule has 2 heterocycles. The fourth-order valence-electron chi connectivity index (χ4n) is 3.31. The lowest BCUT2D eigenvalue weighted by atomic mass is 9.82. The number of aromatic nitrogens is 2. The Morgan fingerprint density at radius 2 is 2.16 bits per heavy atom. The summed E-state index contributed by atoms with van der Waals surface area (Å²) in [6.07, 6.45) is 5.24. The van der Waals surface area contributed by atoms with E-state index in [0.717, 1.165) is 18.8 Å². The van der Waals surface area contributed by atoms with Gasteiger partial charge in [-0.25, -0.2) is 4.98 Å². The molecule has 1 aromatic heterocycles. The lowest BCUT2D eigenvalue weighted by molar-refractivity contribution is 0.0474. The van der Waals surface area contributed by atoms with Gasteiger partial charge in [0.25, 0.3) is 0 Å². The average molecular weight is 266 g/mol. The van der Waals surface area contributed by atoms with Crippen LogP contribution in [0.3, 0.4) is 0 Å². The van der Waals surface area contributed by atoms with E-state index in [9.17, 15) is 0 Å². The van der Waals surface area contributed by atoms with Gasteiger partial charge in [-0.3, -0.25) is 11.3 Å². The SMILES string of the molecule is CCn1ccnc1CC(NN)C1C(C)OC(C)C1C. The van der Waals surface area contributed by atoms with E-state index in [1.54, 1.807) is 0 Å². The van der Waals surface area contributed by atoms with Gasteiger partial charge in [-0.2, -0.15) is 0 Å². The van der Waals surface area contributed by atoms with Gasteiger partial charge >= 0.3 is 0 Å². The van der Waals surface area contributed by atoms with Gasteiger partial charge in [-0.05, 0) is 26.7 Å². The molecule has 0 bridgehead atoms. The molecule has 5 heteroatoms. The van der Waals surface area contributed by atoms with Crippen molar-refractivity contribution in [2.75, 3.05) is 0 Å². The van der Waals surface area contributed by atoms with Crippen molar-refractivity contribution in [2.24, 2.45) is 17.7 Å². The third-order valence-corrected chi connectivity index (χ3v) is 4.54. The van der Waals surface area contributed by atoms with Crippen molar-refractivity contribution in [3.8, 4) is 0 Å². The number of ether oxygens (including phenoxy) is 1. The van der Waals surface area contributed by atoms with E-state index >= 15 is 0 Å². The highest BCUT2D eigenvalue weighted by Crippen LogP contribution is 2.35. The van der Waals surface area contributed by atoms with Crippen LogP contribution in [0.4, 0.5) is 0 Å². The third-order valence-electron chi connectivity index (χ3n) is 4.54. The first-order valence-corrected chi connectivity index (χ1v) is 7.20. The normalized spacial score (nSPS) is 32.7. The van der Waals surface area contributed by atoms with Gasteiger partial charge in [0.15, 0.2) is 0 Å². The molecule has 1 aromatic rings. The minimum Gasteiger partial charge on any atom is -0.375 e. The second kappa shape index (κ2) is 6.03. The van der Waals surface area contributed by atoms with Gasteiger partial charge in [-0.15, -0.1) is 0 Å². The molecule has 2 rings (SSSR count). The number of imidazole rings is 1. The minimum absolute atomic E-state index is 0.197. The molecule has 3 N–H and O–H groups in total. The van der Waals surface area contributed by atoms with Gasteiger partial charge in [0.1, 0.15) is 5.82 Å². The summed E-state index contributed by atoms with van der Waals surface area (Å²) in [5.74, 6) is 7.79. The Kier molecular flexibility index (Phi) is 4.60. The second-order valence-electron chi connectivity index (χ2n) is 5.59. The summed E-state index contributed by atoms with van der Waals surface area (Å²) in [5.41, 5.74) is 2.98. The first-order valence-electron chi connectivity index (χ1n) is 7.20. The maximum Gasteiger partial charge on any atom is 0.110 e. The van der Waals surface area contributed by atoms with Crippen LogP contribution in [-0.2, 0) is 17.7 Å². The zero-order valence-corrected chi connectivity index (χ0v) is 12.3. The molecular weight excluding hydrogens is 240 g/mol. The van der Waals surface area contributed by atoms with Crippen LogP contribution in [0, 0.1) is 11.8 Å². The van der Waals surface area contributed by atoms with E-state index in [1.165, 1.54) is 0 Å². The lowest BCUT2D eigenvalue weighted by Gasteiger charge is -2.28. The standard InChI is InChI=1S/C14H26N4O/c1-5-18-7-6-16-13(18)8-12(17-15)14-9(2)10(3)19-11(14)4/h6-7,9-12,14,17H,5,8,15H2,1-4H3. The Labute approximate surface area is 115 Å². The van der Waals surface area contributed by atoms with Crippen molar-refractivity contribution in [1.82, 2.24) is 15.0 Å². The predicted molar refractivity (Wildman–Crippen MR) is 75.4 cm³/mol. The van der Waals surface area contributed by atoms with E-state index in [1.807, 2.05) is 12.4 Å². The summed E-state index contributed by atoms with van der Waals surface area (Å²) in [4.78, 5) is 4.44. The second-order valence-corrected chi connectivity index (χ2v) is 5.59. The molecule has 5 nitrogen and oxygen atoms in total. The van der Waals surface area contributed by atoms with Gasteiger partial charge in [-0.1, -0.05) is 6.92 Å². The van der Waals surface area contributed by atoms with Crippen LogP contribution < -0.4 is 11.3 Å². The Balaban J connectivity index is 2.12. The minimum atomic E-state index is 0.197. The molecular formula is C14H26N4O. The molecule has 5 unspecified atom stereocenters. The zero-order valence-electron chi connectivity index (χ0n) is 12.3.